The van der Waals surface area contributed by atoms with Crippen molar-refractivity contribution >= 4 is 26.0 Å². The maximum absolute atomic E-state index is 12.7. The summed E-state index contributed by atoms with van der Waals surface area (Å²) in [5, 5.41) is 10.2. The summed E-state index contributed by atoms with van der Waals surface area (Å²) in [4.78, 5) is 0.216. The minimum Gasteiger partial charge on any atom is -0.508 e. The van der Waals surface area contributed by atoms with Crippen LogP contribution in [0.5, 0.6) is 11.5 Å². The highest BCUT2D eigenvalue weighted by Gasteiger charge is 2.25. The third kappa shape index (κ3) is 5.22. The van der Waals surface area contributed by atoms with E-state index in [0.717, 1.165) is 10.9 Å². The van der Waals surface area contributed by atoms with Crippen molar-refractivity contribution in [2.75, 3.05) is 7.11 Å². The lowest BCUT2D eigenvalue weighted by Gasteiger charge is -2.25. The highest BCUT2D eigenvalue weighted by Crippen LogP contribution is 2.27. The van der Waals surface area contributed by atoms with Crippen molar-refractivity contribution in [1.29, 1.82) is 0 Å². The van der Waals surface area contributed by atoms with Crippen LogP contribution in [0, 0.1) is 5.92 Å². The highest BCUT2D eigenvalue weighted by atomic mass is 79.9. The maximum atomic E-state index is 12.7. The fraction of sp³-hybridized carbons (Fsp3) is 0.368. The number of nitrogens with one attached hydrogen (secondary N) is 1. The largest absolute Gasteiger partial charge is 0.508 e. The summed E-state index contributed by atoms with van der Waals surface area (Å²) >= 11 is 3.31. The zero-order valence-electron chi connectivity index (χ0n) is 15.1. The number of phenolic OH excluding ortho intramolecular Hbond substituents is 1. The van der Waals surface area contributed by atoms with Gasteiger partial charge in [-0.15, -0.1) is 0 Å². The van der Waals surface area contributed by atoms with Crippen LogP contribution in [0.3, 0.4) is 0 Å². The quantitative estimate of drug-likeness (QED) is 0.646. The predicted molar refractivity (Wildman–Crippen MR) is 106 cm³/mol. The first-order valence-corrected chi connectivity index (χ1v) is 10.7. The number of sulfonamides is 1. The van der Waals surface area contributed by atoms with E-state index in [1.165, 1.54) is 13.2 Å². The van der Waals surface area contributed by atoms with Gasteiger partial charge in [-0.25, -0.2) is 13.1 Å². The fourth-order valence-corrected chi connectivity index (χ4v) is 4.21. The molecule has 0 bridgehead atoms. The molecule has 0 unspecified atom stereocenters. The van der Waals surface area contributed by atoms with Crippen LogP contribution >= 0.6 is 15.9 Å². The number of rotatable bonds is 8. The molecule has 0 aliphatic rings. The van der Waals surface area contributed by atoms with E-state index in [4.69, 9.17) is 4.74 Å². The second-order valence-corrected chi connectivity index (χ2v) is 8.90. The first kappa shape index (κ1) is 20.7. The lowest BCUT2D eigenvalue weighted by molar-refractivity contribution is 0.391. The summed E-state index contributed by atoms with van der Waals surface area (Å²) in [6.45, 7) is 4.01. The molecule has 0 heterocycles. The molecular formula is C19H24BrNO4S. The van der Waals surface area contributed by atoms with Crippen molar-refractivity contribution in [1.82, 2.24) is 4.72 Å². The standard InChI is InChI=1S/C19H24BrNO4S/c1-4-13(2)18(11-14-5-8-16(25-3)12-19(14)22)21-26(23,24)17-9-6-15(20)7-10-17/h5-10,12-13,18,21-22H,4,11H2,1-3H3/t13-,18-/m0/s1. The SMILES string of the molecule is CC[C@H](C)[C@H](Cc1ccc(OC)cc1O)NS(=O)(=O)c1ccc(Br)cc1. The van der Waals surface area contributed by atoms with Gasteiger partial charge in [-0.3, -0.25) is 0 Å². The molecule has 0 aliphatic carbocycles. The van der Waals surface area contributed by atoms with E-state index in [9.17, 15) is 13.5 Å². The van der Waals surface area contributed by atoms with Crippen molar-refractivity contribution in [3.8, 4) is 11.5 Å². The fourth-order valence-electron chi connectivity index (χ4n) is 2.60. The Morgan fingerprint density at radius 3 is 2.38 bits per heavy atom. The summed E-state index contributed by atoms with van der Waals surface area (Å²) in [5.74, 6) is 0.754. The molecule has 5 nitrogen and oxygen atoms in total. The Balaban J connectivity index is 2.26. The number of hydrogen-bond donors (Lipinski definition) is 2. The Labute approximate surface area is 163 Å². The number of halogens is 1. The highest BCUT2D eigenvalue weighted by molar-refractivity contribution is 9.10. The zero-order chi connectivity index (χ0) is 19.3. The van der Waals surface area contributed by atoms with Crippen LogP contribution in [0.1, 0.15) is 25.8 Å². The van der Waals surface area contributed by atoms with E-state index < -0.39 is 10.0 Å². The molecular weight excluding hydrogens is 418 g/mol. The third-order valence-corrected chi connectivity index (χ3v) is 6.53. The van der Waals surface area contributed by atoms with Crippen LogP contribution in [-0.4, -0.2) is 26.7 Å². The van der Waals surface area contributed by atoms with Crippen LogP contribution in [0.25, 0.3) is 0 Å². The summed E-state index contributed by atoms with van der Waals surface area (Å²) < 4.78 is 34.2. The van der Waals surface area contributed by atoms with E-state index in [-0.39, 0.29) is 22.6 Å². The molecule has 0 saturated carbocycles. The molecule has 2 aromatic rings. The Bertz CT molecular complexity index is 837. The minimum atomic E-state index is -3.65. The zero-order valence-corrected chi connectivity index (χ0v) is 17.5. The van der Waals surface area contributed by atoms with E-state index in [2.05, 4.69) is 20.7 Å². The normalized spacial score (nSPS) is 14.0. The molecule has 2 N–H and O–H groups in total. The van der Waals surface area contributed by atoms with Gasteiger partial charge in [-0.05, 0) is 48.2 Å². The van der Waals surface area contributed by atoms with Gasteiger partial charge in [0.15, 0.2) is 0 Å². The van der Waals surface area contributed by atoms with E-state index >= 15 is 0 Å². The number of benzene rings is 2. The van der Waals surface area contributed by atoms with Crippen molar-refractivity contribution in [3.05, 3.63) is 52.5 Å². The Morgan fingerprint density at radius 2 is 1.85 bits per heavy atom. The molecule has 26 heavy (non-hydrogen) atoms. The maximum Gasteiger partial charge on any atom is 0.240 e. The topological polar surface area (TPSA) is 75.6 Å². The van der Waals surface area contributed by atoms with Gasteiger partial charge < -0.3 is 9.84 Å². The van der Waals surface area contributed by atoms with E-state index in [1.807, 2.05) is 13.8 Å². The lowest BCUT2D eigenvalue weighted by Crippen LogP contribution is -2.40. The van der Waals surface area contributed by atoms with Crippen LogP contribution in [0.4, 0.5) is 0 Å². The van der Waals surface area contributed by atoms with Crippen LogP contribution in [0.2, 0.25) is 0 Å². The first-order valence-electron chi connectivity index (χ1n) is 8.40. The second-order valence-electron chi connectivity index (χ2n) is 6.27. The molecule has 0 fully saturated rings. The van der Waals surface area contributed by atoms with Crippen molar-refractivity contribution in [2.45, 2.75) is 37.6 Å². The number of aromatic hydroxyl groups is 1. The summed E-state index contributed by atoms with van der Waals surface area (Å²) in [5.41, 5.74) is 0.676. The van der Waals surface area contributed by atoms with Gasteiger partial charge in [-0.1, -0.05) is 42.3 Å². The average molecular weight is 442 g/mol. The number of methoxy groups -OCH3 is 1. The molecule has 0 aliphatic heterocycles. The van der Waals surface area contributed by atoms with E-state index in [1.54, 1.807) is 36.4 Å². The van der Waals surface area contributed by atoms with Crippen molar-refractivity contribution in [3.63, 3.8) is 0 Å². The van der Waals surface area contributed by atoms with Crippen molar-refractivity contribution in [2.24, 2.45) is 5.92 Å². The molecule has 0 spiro atoms. The van der Waals surface area contributed by atoms with Crippen molar-refractivity contribution < 1.29 is 18.3 Å². The molecule has 0 aromatic heterocycles. The Morgan fingerprint density at radius 1 is 1.19 bits per heavy atom. The molecule has 7 heteroatoms. The smallest absolute Gasteiger partial charge is 0.240 e. The third-order valence-electron chi connectivity index (χ3n) is 4.49. The van der Waals surface area contributed by atoms with Gasteiger partial charge in [0.1, 0.15) is 11.5 Å². The first-order chi connectivity index (χ1) is 12.3. The molecule has 0 saturated heterocycles. The molecule has 0 radical (unpaired) electrons. The monoisotopic (exact) mass is 441 g/mol. The van der Waals surface area contributed by atoms with Gasteiger partial charge in [-0.2, -0.15) is 0 Å². The second kappa shape index (κ2) is 8.88. The summed E-state index contributed by atoms with van der Waals surface area (Å²) in [7, 11) is -2.12. The minimum absolute atomic E-state index is 0.0977. The van der Waals surface area contributed by atoms with E-state index in [0.29, 0.717) is 17.7 Å². The number of ether oxygens (including phenoxy) is 1. The van der Waals surface area contributed by atoms with Gasteiger partial charge in [0.05, 0.1) is 12.0 Å². The van der Waals surface area contributed by atoms with Crippen LogP contribution in [0.15, 0.2) is 51.8 Å². The summed E-state index contributed by atoms with van der Waals surface area (Å²) in [6.07, 6.45) is 1.20. The van der Waals surface area contributed by atoms with Gasteiger partial charge >= 0.3 is 0 Å². The van der Waals surface area contributed by atoms with Crippen LogP contribution in [-0.2, 0) is 16.4 Å². The predicted octanol–water partition coefficient (Wildman–Crippen LogP) is 4.10. The molecule has 2 aromatic carbocycles. The number of phenols is 1. The Hall–Kier alpha value is -1.57. The number of hydrogen-bond acceptors (Lipinski definition) is 4. The molecule has 2 atom stereocenters. The van der Waals surface area contributed by atoms with Gasteiger partial charge in [0, 0.05) is 16.6 Å². The Kier molecular flexibility index (Phi) is 7.08. The van der Waals surface area contributed by atoms with Gasteiger partial charge in [0.25, 0.3) is 0 Å². The van der Waals surface area contributed by atoms with Crippen LogP contribution < -0.4 is 9.46 Å². The molecule has 0 amide bonds. The molecule has 142 valence electrons. The lowest BCUT2D eigenvalue weighted by atomic mass is 9.93. The van der Waals surface area contributed by atoms with Gasteiger partial charge in [0.2, 0.25) is 10.0 Å². The summed E-state index contributed by atoms with van der Waals surface area (Å²) in [6, 6.07) is 11.2. The molecule has 2 rings (SSSR count). The average Bonchev–Trinajstić information content (AvgIpc) is 2.62.